The van der Waals surface area contributed by atoms with Crippen molar-refractivity contribution < 1.29 is 0 Å². The molecule has 1 saturated carbocycles. The first-order valence-corrected chi connectivity index (χ1v) is 10.5. The van der Waals surface area contributed by atoms with E-state index in [1.807, 2.05) is 4.68 Å². The summed E-state index contributed by atoms with van der Waals surface area (Å²) in [5.41, 5.74) is 1.32. The third kappa shape index (κ3) is 3.98. The summed E-state index contributed by atoms with van der Waals surface area (Å²) in [5.74, 6) is 1.11. The largest absolute Gasteiger partial charge is 0.301 e. The first kappa shape index (κ1) is 17.6. The molecule has 0 N–H and O–H groups in total. The zero-order valence-electron chi connectivity index (χ0n) is 15.0. The molecule has 1 aromatic carbocycles. The van der Waals surface area contributed by atoms with Crippen LogP contribution in [0.15, 0.2) is 47.8 Å². The number of hydrogen-bond acceptors (Lipinski definition) is 4. The molecule has 1 fully saturated rings. The normalized spacial score (nSPS) is 14.2. The molecule has 1 aliphatic rings. The van der Waals surface area contributed by atoms with Gasteiger partial charge in [0, 0.05) is 23.9 Å². The smallest absolute Gasteiger partial charge is 0.199 e. The van der Waals surface area contributed by atoms with E-state index in [-0.39, 0.29) is 0 Å². The minimum atomic E-state index is 0.551. The molecular weight excluding hydrogens is 360 g/mol. The lowest BCUT2D eigenvalue weighted by Gasteiger charge is -2.20. The van der Waals surface area contributed by atoms with Gasteiger partial charge in [0.05, 0.1) is 6.67 Å². The SMILES string of the molecule is CCN(Cc1ccccc1)Cn1nc(Cc2cccs2)n(C2CC2)c1=S. The van der Waals surface area contributed by atoms with E-state index >= 15 is 0 Å². The van der Waals surface area contributed by atoms with Crippen LogP contribution in [0.2, 0.25) is 0 Å². The molecular formula is C20H24N4S2. The predicted octanol–water partition coefficient (Wildman–Crippen LogP) is 4.88. The molecule has 0 spiro atoms. The molecule has 4 nitrogen and oxygen atoms in total. The van der Waals surface area contributed by atoms with Gasteiger partial charge < -0.3 is 4.57 Å². The number of benzene rings is 1. The average Bonchev–Trinajstić information content (AvgIpc) is 3.27. The van der Waals surface area contributed by atoms with E-state index < -0.39 is 0 Å². The molecule has 3 aromatic rings. The van der Waals surface area contributed by atoms with E-state index in [9.17, 15) is 0 Å². The van der Waals surface area contributed by atoms with Crippen molar-refractivity contribution in [1.29, 1.82) is 0 Å². The fourth-order valence-electron chi connectivity index (χ4n) is 3.24. The fourth-order valence-corrected chi connectivity index (χ4v) is 4.29. The Morgan fingerprint density at radius 2 is 2.00 bits per heavy atom. The highest BCUT2D eigenvalue weighted by Crippen LogP contribution is 2.36. The zero-order valence-corrected chi connectivity index (χ0v) is 16.7. The molecule has 0 saturated heterocycles. The molecule has 136 valence electrons. The van der Waals surface area contributed by atoms with Crippen molar-refractivity contribution in [1.82, 2.24) is 19.2 Å². The van der Waals surface area contributed by atoms with Gasteiger partial charge in [0.25, 0.3) is 0 Å². The molecule has 4 rings (SSSR count). The molecule has 0 bridgehead atoms. The second-order valence-corrected chi connectivity index (χ2v) is 8.23. The van der Waals surface area contributed by atoms with Crippen molar-refractivity contribution in [2.24, 2.45) is 0 Å². The molecule has 0 aliphatic heterocycles. The van der Waals surface area contributed by atoms with Crippen LogP contribution < -0.4 is 0 Å². The van der Waals surface area contributed by atoms with Crippen LogP contribution in [0.1, 0.15) is 42.1 Å². The number of thiophene rings is 1. The summed E-state index contributed by atoms with van der Waals surface area (Å²) in [7, 11) is 0. The highest BCUT2D eigenvalue weighted by atomic mass is 32.1. The Hall–Kier alpha value is -1.76. The van der Waals surface area contributed by atoms with Crippen LogP contribution >= 0.6 is 23.6 Å². The Kier molecular flexibility index (Phi) is 5.33. The molecule has 26 heavy (non-hydrogen) atoms. The minimum Gasteiger partial charge on any atom is -0.301 e. The Labute approximate surface area is 163 Å². The quantitative estimate of drug-likeness (QED) is 0.518. The van der Waals surface area contributed by atoms with E-state index in [4.69, 9.17) is 17.3 Å². The maximum atomic E-state index is 5.80. The Morgan fingerprint density at radius 1 is 1.19 bits per heavy atom. The number of nitrogens with zero attached hydrogens (tertiary/aromatic N) is 4. The third-order valence-electron chi connectivity index (χ3n) is 4.80. The van der Waals surface area contributed by atoms with Crippen LogP contribution in [0.25, 0.3) is 0 Å². The van der Waals surface area contributed by atoms with Gasteiger partial charge in [0.15, 0.2) is 4.77 Å². The molecule has 1 aliphatic carbocycles. The Bertz CT molecular complexity index is 892. The van der Waals surface area contributed by atoms with Gasteiger partial charge in [0.1, 0.15) is 5.82 Å². The van der Waals surface area contributed by atoms with E-state index in [1.54, 1.807) is 11.3 Å². The summed E-state index contributed by atoms with van der Waals surface area (Å²) in [6.07, 6.45) is 3.31. The molecule has 0 unspecified atom stereocenters. The summed E-state index contributed by atoms with van der Waals surface area (Å²) in [6, 6.07) is 15.4. The summed E-state index contributed by atoms with van der Waals surface area (Å²) in [6.45, 7) is 4.81. The van der Waals surface area contributed by atoms with Gasteiger partial charge >= 0.3 is 0 Å². The molecule has 6 heteroatoms. The van der Waals surface area contributed by atoms with Gasteiger partial charge in [-0.15, -0.1) is 11.3 Å². The molecule has 2 heterocycles. The van der Waals surface area contributed by atoms with E-state index in [2.05, 4.69) is 64.2 Å². The molecule has 2 aromatic heterocycles. The lowest BCUT2D eigenvalue weighted by molar-refractivity contribution is 0.207. The van der Waals surface area contributed by atoms with Gasteiger partial charge in [0.2, 0.25) is 0 Å². The van der Waals surface area contributed by atoms with Gasteiger partial charge in [-0.05, 0) is 48.6 Å². The number of aromatic nitrogens is 3. The lowest BCUT2D eigenvalue weighted by atomic mass is 10.2. The van der Waals surface area contributed by atoms with Gasteiger partial charge in [-0.2, -0.15) is 5.10 Å². The van der Waals surface area contributed by atoms with Gasteiger partial charge in [-0.25, -0.2) is 4.68 Å². The van der Waals surface area contributed by atoms with E-state index in [1.165, 1.54) is 23.3 Å². The summed E-state index contributed by atoms with van der Waals surface area (Å²) in [4.78, 5) is 3.72. The van der Waals surface area contributed by atoms with Gasteiger partial charge in [-0.1, -0.05) is 43.3 Å². The van der Waals surface area contributed by atoms with E-state index in [0.29, 0.717) is 6.04 Å². The van der Waals surface area contributed by atoms with Crippen molar-refractivity contribution in [2.75, 3.05) is 6.54 Å². The zero-order chi connectivity index (χ0) is 17.9. The molecule has 0 radical (unpaired) electrons. The average molecular weight is 385 g/mol. The summed E-state index contributed by atoms with van der Waals surface area (Å²) >= 11 is 7.58. The highest BCUT2D eigenvalue weighted by molar-refractivity contribution is 7.71. The van der Waals surface area contributed by atoms with Crippen LogP contribution in [-0.4, -0.2) is 25.8 Å². The monoisotopic (exact) mass is 384 g/mol. The summed E-state index contributed by atoms with van der Waals surface area (Å²) < 4.78 is 5.18. The van der Waals surface area contributed by atoms with Crippen LogP contribution in [0.4, 0.5) is 0 Å². The number of hydrogen-bond donors (Lipinski definition) is 0. The lowest BCUT2D eigenvalue weighted by Crippen LogP contribution is -2.26. The maximum absolute atomic E-state index is 5.80. The van der Waals surface area contributed by atoms with Crippen molar-refractivity contribution >= 4 is 23.6 Å². The second kappa shape index (κ2) is 7.86. The second-order valence-electron chi connectivity index (χ2n) is 6.83. The number of rotatable bonds is 8. The van der Waals surface area contributed by atoms with Crippen LogP contribution in [-0.2, 0) is 19.6 Å². The van der Waals surface area contributed by atoms with Crippen molar-refractivity contribution in [3.8, 4) is 0 Å². The highest BCUT2D eigenvalue weighted by Gasteiger charge is 2.28. The van der Waals surface area contributed by atoms with E-state index in [0.717, 1.165) is 36.8 Å². The van der Waals surface area contributed by atoms with Crippen LogP contribution in [0.3, 0.4) is 0 Å². The Morgan fingerprint density at radius 3 is 2.65 bits per heavy atom. The first-order chi connectivity index (χ1) is 12.7. The van der Waals surface area contributed by atoms with Crippen LogP contribution in [0, 0.1) is 4.77 Å². The molecule has 0 atom stereocenters. The first-order valence-electron chi connectivity index (χ1n) is 9.21. The van der Waals surface area contributed by atoms with Crippen molar-refractivity contribution in [3.05, 3.63) is 68.9 Å². The minimum absolute atomic E-state index is 0.551. The summed E-state index contributed by atoms with van der Waals surface area (Å²) in [5, 5.41) is 7.04. The molecule has 0 amide bonds. The van der Waals surface area contributed by atoms with Gasteiger partial charge in [-0.3, -0.25) is 4.90 Å². The van der Waals surface area contributed by atoms with Crippen LogP contribution in [0.5, 0.6) is 0 Å². The standard InChI is InChI=1S/C20H24N4S2/c1-2-22(14-16-7-4-3-5-8-16)15-23-20(25)24(17-10-11-17)19(21-23)13-18-9-6-12-26-18/h3-9,12,17H,2,10-11,13-15H2,1H3. The third-order valence-corrected chi connectivity index (χ3v) is 6.08. The topological polar surface area (TPSA) is 26.0 Å². The van der Waals surface area contributed by atoms with Crippen molar-refractivity contribution in [2.45, 2.75) is 45.4 Å². The fraction of sp³-hybridized carbons (Fsp3) is 0.400. The van der Waals surface area contributed by atoms with Crippen molar-refractivity contribution in [3.63, 3.8) is 0 Å². The Balaban J connectivity index is 1.56. The predicted molar refractivity (Wildman–Crippen MR) is 109 cm³/mol. The maximum Gasteiger partial charge on any atom is 0.199 e.